The maximum absolute atomic E-state index is 5.22. The molecule has 3 nitrogen and oxygen atoms in total. The maximum atomic E-state index is 5.22. The van der Waals surface area contributed by atoms with E-state index in [4.69, 9.17) is 9.98 Å². The van der Waals surface area contributed by atoms with E-state index in [1.165, 1.54) is 65.5 Å². The molecule has 0 saturated heterocycles. The van der Waals surface area contributed by atoms with Crippen LogP contribution in [0.3, 0.4) is 0 Å². The Morgan fingerprint density at radius 1 is 0.745 bits per heavy atom. The minimum atomic E-state index is -0.182. The van der Waals surface area contributed by atoms with Gasteiger partial charge >= 0.3 is 0 Å². The van der Waals surface area contributed by atoms with Gasteiger partial charge in [-0.1, -0.05) is 161 Å². The summed E-state index contributed by atoms with van der Waals surface area (Å²) in [7, 11) is 0. The highest BCUT2D eigenvalue weighted by molar-refractivity contribution is 6.09. The Hall–Kier alpha value is -5.02. The summed E-state index contributed by atoms with van der Waals surface area (Å²) in [5.74, 6) is 2.86. The van der Waals surface area contributed by atoms with Crippen molar-refractivity contribution < 1.29 is 0 Å². The minimum Gasteiger partial charge on any atom is -0.344 e. The SMILES string of the molecule is CC1(C)c2ccccc2C2C=C3C(=CC21)c1cccc(-c2cccc(C4=NC(C5C=CC=CC5)=NC(c5ccccc5)N4)c2)c1C31CCCCC1. The van der Waals surface area contributed by atoms with Gasteiger partial charge in [-0.05, 0) is 86.8 Å². The van der Waals surface area contributed by atoms with Gasteiger partial charge in [0.15, 0.2) is 0 Å². The second-order valence-electron chi connectivity index (χ2n) is 16.0. The van der Waals surface area contributed by atoms with Gasteiger partial charge in [0.1, 0.15) is 17.8 Å². The summed E-state index contributed by atoms with van der Waals surface area (Å²) >= 11 is 0. The summed E-state index contributed by atoms with van der Waals surface area (Å²) in [5, 5.41) is 3.72. The molecule has 252 valence electrons. The molecule has 6 aliphatic rings. The highest BCUT2D eigenvalue weighted by atomic mass is 15.2. The van der Waals surface area contributed by atoms with Crippen molar-refractivity contribution in [2.75, 3.05) is 0 Å². The molecular formula is C48H45N3. The molecule has 0 amide bonds. The van der Waals surface area contributed by atoms with Gasteiger partial charge in [0.2, 0.25) is 0 Å². The lowest BCUT2D eigenvalue weighted by Gasteiger charge is -2.40. The fourth-order valence-corrected chi connectivity index (χ4v) is 10.4. The van der Waals surface area contributed by atoms with E-state index in [1.807, 2.05) is 0 Å². The fourth-order valence-electron chi connectivity index (χ4n) is 10.4. The maximum Gasteiger partial charge on any atom is 0.147 e. The van der Waals surface area contributed by atoms with Gasteiger partial charge in [-0.15, -0.1) is 0 Å². The van der Waals surface area contributed by atoms with Crippen molar-refractivity contribution in [2.45, 2.75) is 75.3 Å². The fraction of sp³-hybridized carbons (Fsp3) is 0.292. The Morgan fingerprint density at radius 2 is 1.53 bits per heavy atom. The predicted molar refractivity (Wildman–Crippen MR) is 211 cm³/mol. The Kier molecular flexibility index (Phi) is 7.10. The summed E-state index contributed by atoms with van der Waals surface area (Å²) < 4.78 is 0. The second-order valence-corrected chi connectivity index (χ2v) is 16.0. The monoisotopic (exact) mass is 663 g/mol. The van der Waals surface area contributed by atoms with Crippen molar-refractivity contribution >= 4 is 17.2 Å². The van der Waals surface area contributed by atoms with E-state index >= 15 is 0 Å². The van der Waals surface area contributed by atoms with Crippen LogP contribution in [-0.4, -0.2) is 11.7 Å². The molecule has 1 heterocycles. The lowest BCUT2D eigenvalue weighted by atomic mass is 9.63. The number of nitrogens with zero attached hydrogens (tertiary/aromatic N) is 2. The number of rotatable bonds is 4. The predicted octanol–water partition coefficient (Wildman–Crippen LogP) is 11.2. The van der Waals surface area contributed by atoms with Gasteiger partial charge in [0.25, 0.3) is 0 Å². The molecule has 0 radical (unpaired) electrons. The molecule has 3 heteroatoms. The third-order valence-electron chi connectivity index (χ3n) is 12.9. The van der Waals surface area contributed by atoms with Crippen LogP contribution in [0.1, 0.15) is 97.8 Å². The van der Waals surface area contributed by atoms with Gasteiger partial charge in [-0.25, -0.2) is 9.98 Å². The molecule has 1 saturated carbocycles. The van der Waals surface area contributed by atoms with Gasteiger partial charge in [0, 0.05) is 22.8 Å². The summed E-state index contributed by atoms with van der Waals surface area (Å²) in [4.78, 5) is 10.4. The first-order chi connectivity index (χ1) is 25.0. The molecule has 5 aliphatic carbocycles. The average Bonchev–Trinajstić information content (AvgIpc) is 3.59. The standard InChI is InChI=1S/C48H45N3/c1-47(2)40-25-11-10-22-36(40)38-30-42-39(29-41(38)47)37-24-15-23-35(43(37)48(42)26-12-5-13-27-48)33-20-14-21-34(28-33)46-50-44(31-16-6-3-7-17-31)49-45(51-46)32-18-8-4-9-19-32/h3-4,6-11,14-18,20-25,28-30,32,38,41,44H,5,12-13,19,26-27H2,1-2H3,(H,49,50,51). The third-order valence-corrected chi connectivity index (χ3v) is 12.9. The van der Waals surface area contributed by atoms with Crippen LogP contribution in [0.25, 0.3) is 16.7 Å². The highest BCUT2D eigenvalue weighted by Gasteiger charge is 2.53. The molecule has 4 atom stereocenters. The van der Waals surface area contributed by atoms with Crippen molar-refractivity contribution in [1.82, 2.24) is 5.32 Å². The molecule has 4 aromatic rings. The number of aliphatic imine (C=N–C) groups is 2. The molecule has 1 fully saturated rings. The van der Waals surface area contributed by atoms with Crippen molar-refractivity contribution in [2.24, 2.45) is 21.8 Å². The van der Waals surface area contributed by atoms with Gasteiger partial charge in [-0.3, -0.25) is 0 Å². The largest absolute Gasteiger partial charge is 0.344 e. The Morgan fingerprint density at radius 3 is 2.37 bits per heavy atom. The molecule has 0 bridgehead atoms. The quantitative estimate of drug-likeness (QED) is 0.232. The Labute approximate surface area is 302 Å². The lowest BCUT2D eigenvalue weighted by molar-refractivity contribution is 0.346. The highest BCUT2D eigenvalue weighted by Crippen LogP contribution is 2.64. The van der Waals surface area contributed by atoms with Crippen LogP contribution >= 0.6 is 0 Å². The number of allylic oxidation sites excluding steroid dienone is 7. The van der Waals surface area contributed by atoms with Crippen molar-refractivity contribution in [1.29, 1.82) is 0 Å². The minimum absolute atomic E-state index is 0.0539. The van der Waals surface area contributed by atoms with Crippen LogP contribution in [-0.2, 0) is 10.8 Å². The Balaban J connectivity index is 1.09. The van der Waals surface area contributed by atoms with E-state index in [0.29, 0.717) is 11.8 Å². The van der Waals surface area contributed by atoms with Crippen molar-refractivity contribution in [3.63, 3.8) is 0 Å². The number of amidine groups is 2. The van der Waals surface area contributed by atoms with Crippen LogP contribution < -0.4 is 5.32 Å². The first-order valence-corrected chi connectivity index (χ1v) is 19.1. The molecular weight excluding hydrogens is 619 g/mol. The molecule has 10 rings (SSSR count). The smallest absolute Gasteiger partial charge is 0.147 e. The summed E-state index contributed by atoms with van der Waals surface area (Å²) in [6.45, 7) is 4.92. The number of benzene rings is 4. The normalized spacial score (nSPS) is 26.2. The Bertz CT molecular complexity index is 2240. The van der Waals surface area contributed by atoms with Crippen LogP contribution in [0, 0.1) is 11.8 Å². The molecule has 4 aromatic carbocycles. The summed E-state index contributed by atoms with van der Waals surface area (Å²) in [6, 6.07) is 36.0. The van der Waals surface area contributed by atoms with Crippen molar-refractivity contribution in [3.8, 4) is 11.1 Å². The van der Waals surface area contributed by atoms with E-state index in [-0.39, 0.29) is 22.9 Å². The first kappa shape index (κ1) is 30.8. The third kappa shape index (κ3) is 4.77. The molecule has 1 spiro atoms. The topological polar surface area (TPSA) is 36.8 Å². The molecule has 1 aliphatic heterocycles. The van der Waals surface area contributed by atoms with E-state index in [0.717, 1.165) is 29.2 Å². The van der Waals surface area contributed by atoms with E-state index in [2.05, 4.69) is 153 Å². The van der Waals surface area contributed by atoms with Crippen LogP contribution in [0.5, 0.6) is 0 Å². The zero-order valence-electron chi connectivity index (χ0n) is 29.6. The molecule has 4 unspecified atom stereocenters. The van der Waals surface area contributed by atoms with Gasteiger partial charge in [-0.2, -0.15) is 0 Å². The van der Waals surface area contributed by atoms with Gasteiger partial charge in [0.05, 0.1) is 0 Å². The number of hydrogen-bond donors (Lipinski definition) is 1. The summed E-state index contributed by atoms with van der Waals surface area (Å²) in [6.07, 6.45) is 21.2. The number of fused-ring (bicyclic) bond motifs is 8. The average molecular weight is 664 g/mol. The summed E-state index contributed by atoms with van der Waals surface area (Å²) in [5.41, 5.74) is 14.2. The van der Waals surface area contributed by atoms with Crippen LogP contribution in [0.4, 0.5) is 0 Å². The molecule has 1 N–H and O–H groups in total. The number of hydrogen-bond acceptors (Lipinski definition) is 3. The number of nitrogens with one attached hydrogen (secondary N) is 1. The zero-order chi connectivity index (χ0) is 34.2. The van der Waals surface area contributed by atoms with Gasteiger partial charge < -0.3 is 5.32 Å². The molecule has 51 heavy (non-hydrogen) atoms. The zero-order valence-corrected chi connectivity index (χ0v) is 29.6. The van der Waals surface area contributed by atoms with E-state index in [9.17, 15) is 0 Å². The lowest BCUT2D eigenvalue weighted by Crippen LogP contribution is -2.35. The first-order valence-electron chi connectivity index (χ1n) is 19.1. The van der Waals surface area contributed by atoms with Crippen LogP contribution in [0.2, 0.25) is 0 Å². The van der Waals surface area contributed by atoms with Crippen molar-refractivity contribution in [3.05, 3.63) is 172 Å². The second kappa shape index (κ2) is 11.8. The van der Waals surface area contributed by atoms with E-state index < -0.39 is 0 Å². The van der Waals surface area contributed by atoms with Crippen LogP contribution in [0.15, 0.2) is 149 Å². The molecule has 0 aromatic heterocycles. The van der Waals surface area contributed by atoms with E-state index in [1.54, 1.807) is 11.1 Å².